The minimum absolute atomic E-state index is 0.0522. The molecular weight excluding hydrogens is 418 g/mol. The molecule has 0 radical (unpaired) electrons. The van der Waals surface area contributed by atoms with Crippen LogP contribution in [0.15, 0.2) is 102 Å². The summed E-state index contributed by atoms with van der Waals surface area (Å²) < 4.78 is 0. The maximum absolute atomic E-state index is 12.7. The first-order valence-electron chi connectivity index (χ1n) is 11.6. The van der Waals surface area contributed by atoms with Crippen molar-refractivity contribution in [1.82, 2.24) is 10.3 Å². The molecular formula is C30H27N3O. The first kappa shape index (κ1) is 21.8. The average Bonchev–Trinajstić information content (AvgIpc) is 3.27. The molecule has 1 amide bonds. The standard InChI is InChI=1S/C30H27N3O/c1-21-29-16-25(12-13-26(29)19-32-21)27-14-22(17-31-18-27)15-28(23-8-4-2-5-9-23)20-33-30(34)24-10-6-3-7-11-24/h2-14,16-18,28H,15,19-20H2,1H3,(H,33,34)/t28-/m0/s1. The van der Waals surface area contributed by atoms with E-state index >= 15 is 0 Å². The third-order valence-electron chi connectivity index (χ3n) is 6.41. The number of nitrogens with one attached hydrogen (secondary N) is 1. The molecule has 0 spiro atoms. The second-order valence-electron chi connectivity index (χ2n) is 8.74. The number of pyridine rings is 1. The minimum Gasteiger partial charge on any atom is -0.351 e. The largest absolute Gasteiger partial charge is 0.351 e. The van der Waals surface area contributed by atoms with Crippen molar-refractivity contribution >= 4 is 11.6 Å². The summed E-state index contributed by atoms with van der Waals surface area (Å²) in [5.41, 5.74) is 8.88. The highest BCUT2D eigenvalue weighted by Crippen LogP contribution is 2.28. The Morgan fingerprint density at radius 1 is 0.912 bits per heavy atom. The zero-order valence-corrected chi connectivity index (χ0v) is 19.2. The molecule has 34 heavy (non-hydrogen) atoms. The molecule has 0 fully saturated rings. The lowest BCUT2D eigenvalue weighted by Gasteiger charge is -2.19. The van der Waals surface area contributed by atoms with Crippen molar-refractivity contribution in [3.8, 4) is 11.1 Å². The normalized spacial score (nSPS) is 13.1. The van der Waals surface area contributed by atoms with E-state index < -0.39 is 0 Å². The molecule has 168 valence electrons. The highest BCUT2D eigenvalue weighted by Gasteiger charge is 2.17. The molecule has 1 aromatic heterocycles. The van der Waals surface area contributed by atoms with E-state index in [-0.39, 0.29) is 11.8 Å². The highest BCUT2D eigenvalue weighted by atomic mass is 16.1. The summed E-state index contributed by atoms with van der Waals surface area (Å²) in [5.74, 6) is 0.0869. The summed E-state index contributed by atoms with van der Waals surface area (Å²) in [5, 5.41) is 3.12. The molecule has 1 aliphatic heterocycles. The first-order valence-corrected chi connectivity index (χ1v) is 11.6. The fraction of sp³-hybridized carbons (Fsp3) is 0.167. The maximum Gasteiger partial charge on any atom is 0.251 e. The van der Waals surface area contributed by atoms with Gasteiger partial charge in [0.15, 0.2) is 0 Å². The molecule has 0 bridgehead atoms. The van der Waals surface area contributed by atoms with Gasteiger partial charge >= 0.3 is 0 Å². The van der Waals surface area contributed by atoms with Gasteiger partial charge in [0.25, 0.3) is 5.91 Å². The van der Waals surface area contributed by atoms with E-state index in [9.17, 15) is 4.79 Å². The summed E-state index contributed by atoms with van der Waals surface area (Å²) in [6.07, 6.45) is 4.63. The van der Waals surface area contributed by atoms with Crippen molar-refractivity contribution < 1.29 is 4.79 Å². The van der Waals surface area contributed by atoms with Crippen LogP contribution in [0.1, 0.15) is 45.5 Å². The zero-order valence-electron chi connectivity index (χ0n) is 19.2. The van der Waals surface area contributed by atoms with Gasteiger partial charge in [-0.1, -0.05) is 60.7 Å². The van der Waals surface area contributed by atoms with Crippen LogP contribution in [0.25, 0.3) is 11.1 Å². The van der Waals surface area contributed by atoms with Gasteiger partial charge in [-0.15, -0.1) is 0 Å². The van der Waals surface area contributed by atoms with Crippen LogP contribution < -0.4 is 5.32 Å². The molecule has 4 nitrogen and oxygen atoms in total. The summed E-state index contributed by atoms with van der Waals surface area (Å²) >= 11 is 0. The number of nitrogens with zero attached hydrogens (tertiary/aromatic N) is 2. The number of aromatic nitrogens is 1. The Morgan fingerprint density at radius 2 is 1.68 bits per heavy atom. The van der Waals surface area contributed by atoms with Crippen LogP contribution in [0, 0.1) is 0 Å². The van der Waals surface area contributed by atoms with Crippen LogP contribution in [0.3, 0.4) is 0 Å². The number of carbonyl (C=O) groups is 1. The van der Waals surface area contributed by atoms with Crippen LogP contribution in [0.5, 0.6) is 0 Å². The predicted molar refractivity (Wildman–Crippen MR) is 137 cm³/mol. The molecule has 5 rings (SSSR count). The fourth-order valence-electron chi connectivity index (χ4n) is 4.50. The van der Waals surface area contributed by atoms with Crippen LogP contribution >= 0.6 is 0 Å². The predicted octanol–water partition coefficient (Wildman–Crippen LogP) is 5.83. The molecule has 0 unspecified atom stereocenters. The Bertz CT molecular complexity index is 1330. The Labute approximate surface area is 200 Å². The smallest absolute Gasteiger partial charge is 0.251 e. The number of hydrogen-bond donors (Lipinski definition) is 1. The molecule has 2 heterocycles. The molecule has 4 heteroatoms. The van der Waals surface area contributed by atoms with Crippen molar-refractivity contribution in [3.63, 3.8) is 0 Å². The molecule has 0 saturated carbocycles. The molecule has 1 atom stereocenters. The van der Waals surface area contributed by atoms with Gasteiger partial charge in [0.2, 0.25) is 0 Å². The molecule has 1 aliphatic rings. The molecule has 4 aromatic rings. The van der Waals surface area contributed by atoms with Crippen molar-refractivity contribution in [3.05, 3.63) is 125 Å². The Balaban J connectivity index is 1.37. The topological polar surface area (TPSA) is 54.4 Å². The highest BCUT2D eigenvalue weighted by molar-refractivity contribution is 6.02. The third-order valence-corrected chi connectivity index (χ3v) is 6.41. The summed E-state index contributed by atoms with van der Waals surface area (Å²) in [7, 11) is 0. The van der Waals surface area contributed by atoms with E-state index in [0.717, 1.165) is 35.4 Å². The number of benzene rings is 3. The van der Waals surface area contributed by atoms with E-state index in [1.165, 1.54) is 16.7 Å². The minimum atomic E-state index is -0.0522. The van der Waals surface area contributed by atoms with Gasteiger partial charge in [-0.3, -0.25) is 14.8 Å². The van der Waals surface area contributed by atoms with Gasteiger partial charge < -0.3 is 5.32 Å². The Morgan fingerprint density at radius 3 is 2.47 bits per heavy atom. The van der Waals surface area contributed by atoms with Crippen molar-refractivity contribution in [2.45, 2.75) is 25.8 Å². The second-order valence-corrected chi connectivity index (χ2v) is 8.74. The SMILES string of the molecule is CC1=NCc2ccc(-c3cncc(C[C@@H](CNC(=O)c4ccccc4)c4ccccc4)c3)cc21. The van der Waals surface area contributed by atoms with E-state index in [2.05, 4.69) is 58.6 Å². The Kier molecular flexibility index (Phi) is 6.30. The average molecular weight is 446 g/mol. The number of carbonyl (C=O) groups excluding carboxylic acids is 1. The molecule has 0 saturated heterocycles. The number of fused-ring (bicyclic) bond motifs is 1. The van der Waals surface area contributed by atoms with Gasteiger partial charge in [-0.2, -0.15) is 0 Å². The third kappa shape index (κ3) is 4.81. The van der Waals surface area contributed by atoms with Crippen LogP contribution in [-0.2, 0) is 13.0 Å². The van der Waals surface area contributed by atoms with E-state index in [0.29, 0.717) is 12.1 Å². The van der Waals surface area contributed by atoms with Gasteiger partial charge in [-0.05, 0) is 59.9 Å². The van der Waals surface area contributed by atoms with Crippen LogP contribution in [0.2, 0.25) is 0 Å². The lowest BCUT2D eigenvalue weighted by Crippen LogP contribution is -2.29. The second kappa shape index (κ2) is 9.84. The van der Waals surface area contributed by atoms with Crippen molar-refractivity contribution in [2.75, 3.05) is 6.54 Å². The summed E-state index contributed by atoms with van der Waals surface area (Å²) in [4.78, 5) is 21.8. The fourth-order valence-corrected chi connectivity index (χ4v) is 4.50. The van der Waals surface area contributed by atoms with Gasteiger partial charge in [-0.25, -0.2) is 0 Å². The number of aliphatic imine (C=N–C) groups is 1. The van der Waals surface area contributed by atoms with Gasteiger partial charge in [0.1, 0.15) is 0 Å². The van der Waals surface area contributed by atoms with Crippen LogP contribution in [0.4, 0.5) is 0 Å². The lowest BCUT2D eigenvalue weighted by atomic mass is 9.91. The Hall–Kier alpha value is -4.05. The summed E-state index contributed by atoms with van der Waals surface area (Å²) in [6, 6.07) is 28.5. The van der Waals surface area contributed by atoms with Gasteiger partial charge in [0, 0.05) is 47.3 Å². The number of rotatable bonds is 7. The first-order chi connectivity index (χ1) is 16.7. The summed E-state index contributed by atoms with van der Waals surface area (Å²) in [6.45, 7) is 3.39. The number of hydrogen-bond acceptors (Lipinski definition) is 3. The lowest BCUT2D eigenvalue weighted by molar-refractivity contribution is 0.0951. The zero-order chi connectivity index (χ0) is 23.3. The van der Waals surface area contributed by atoms with Crippen LogP contribution in [-0.4, -0.2) is 23.1 Å². The molecule has 3 aromatic carbocycles. The van der Waals surface area contributed by atoms with E-state index in [1.807, 2.05) is 60.9 Å². The number of amides is 1. The van der Waals surface area contributed by atoms with Crippen molar-refractivity contribution in [2.24, 2.45) is 4.99 Å². The van der Waals surface area contributed by atoms with E-state index in [1.54, 1.807) is 0 Å². The quantitative estimate of drug-likeness (QED) is 0.389. The van der Waals surface area contributed by atoms with Gasteiger partial charge in [0.05, 0.1) is 6.54 Å². The molecule has 0 aliphatic carbocycles. The van der Waals surface area contributed by atoms with E-state index in [4.69, 9.17) is 0 Å². The monoisotopic (exact) mass is 445 g/mol. The molecule has 1 N–H and O–H groups in total. The van der Waals surface area contributed by atoms with Crippen molar-refractivity contribution in [1.29, 1.82) is 0 Å². The maximum atomic E-state index is 12.7.